The molecule has 0 aliphatic carbocycles. The Morgan fingerprint density at radius 1 is 0.382 bits per heavy atom. The molecule has 0 bridgehead atoms. The van der Waals surface area contributed by atoms with Gasteiger partial charge in [0, 0.05) is 74.4 Å². The maximum absolute atomic E-state index is 6.37. The first kappa shape index (κ1) is 38.3. The molecule has 0 aliphatic rings. The fourth-order valence-corrected chi connectivity index (χ4v) is 13.9. The Balaban J connectivity index is 1.04. The van der Waals surface area contributed by atoms with Gasteiger partial charge in [-0.2, -0.15) is 0 Å². The summed E-state index contributed by atoms with van der Waals surface area (Å²) in [5, 5.41) is 15.3. The molecule has 3 nitrogen and oxygen atoms in total. The molecule has 0 unspecified atom stereocenters. The normalized spacial score (nSPS) is 12.1. The number of fused-ring (bicyclic) bond motifs is 11. The molecule has 316 valence electrons. The zero-order valence-electron chi connectivity index (χ0n) is 36.7. The second-order valence-corrected chi connectivity index (χ2v) is 20.1. The number of para-hydroxylation sites is 4. The van der Waals surface area contributed by atoms with Crippen molar-refractivity contribution in [3.05, 3.63) is 248 Å². The Labute approximate surface area is 394 Å². The fourth-order valence-electron chi connectivity index (χ4n) is 10.7. The smallest absolute Gasteiger partial charge is 0.135 e. The Bertz CT molecular complexity index is 4240. The maximum atomic E-state index is 6.37. The van der Waals surface area contributed by atoms with E-state index >= 15 is 0 Å². The van der Waals surface area contributed by atoms with Crippen LogP contribution in [0, 0.1) is 23.3 Å². The van der Waals surface area contributed by atoms with Crippen LogP contribution in [0.4, 0.5) is 0 Å². The fraction of sp³-hybridized carbons (Fsp3) is 0. The summed E-state index contributed by atoms with van der Waals surface area (Å²) in [6, 6.07) is 89.7. The SMILES string of the molecule is C(#CS(c1ccccc1)(c1ccccc1)c1ccc2oc3ccccc3c2c1)c1c2ccc#cc2c(-n2c3ccccc3c3cc(-n4c5ccccc5c5ccccc54)ccc32)c2ccccc12. The largest absolute Gasteiger partial charge is 0.456 e. The third-order valence-corrected chi connectivity index (χ3v) is 17.0. The van der Waals surface area contributed by atoms with Gasteiger partial charge in [0.05, 0.1) is 33.1 Å². The van der Waals surface area contributed by atoms with E-state index < -0.39 is 10.0 Å². The highest BCUT2D eigenvalue weighted by molar-refractivity contribution is 8.37. The third-order valence-electron chi connectivity index (χ3n) is 13.7. The van der Waals surface area contributed by atoms with Gasteiger partial charge in [0.1, 0.15) is 11.2 Å². The highest BCUT2D eigenvalue weighted by Gasteiger charge is 2.31. The Hall–Kier alpha value is -8.93. The molecule has 0 N–H and O–H groups in total. The van der Waals surface area contributed by atoms with E-state index in [9.17, 15) is 0 Å². The van der Waals surface area contributed by atoms with E-state index in [1.807, 2.05) is 18.2 Å². The van der Waals surface area contributed by atoms with Crippen LogP contribution in [0.2, 0.25) is 0 Å². The summed E-state index contributed by atoms with van der Waals surface area (Å²) in [4.78, 5) is 3.49. The molecule has 3 aromatic heterocycles. The van der Waals surface area contributed by atoms with Crippen LogP contribution in [-0.4, -0.2) is 9.13 Å². The van der Waals surface area contributed by atoms with Crippen molar-refractivity contribution in [1.29, 1.82) is 0 Å². The van der Waals surface area contributed by atoms with Gasteiger partial charge in [-0.3, -0.25) is 0 Å². The molecule has 0 fully saturated rings. The lowest BCUT2D eigenvalue weighted by Gasteiger charge is -2.36. The van der Waals surface area contributed by atoms with Crippen LogP contribution < -0.4 is 0 Å². The Morgan fingerprint density at radius 3 is 1.62 bits per heavy atom. The topological polar surface area (TPSA) is 23.0 Å². The molecule has 0 saturated heterocycles. The van der Waals surface area contributed by atoms with Crippen molar-refractivity contribution in [3.63, 3.8) is 0 Å². The van der Waals surface area contributed by atoms with Crippen LogP contribution in [0.15, 0.2) is 250 Å². The molecule has 11 aromatic carbocycles. The number of hydrogen-bond donors (Lipinski definition) is 0. The number of hydrogen-bond acceptors (Lipinski definition) is 1. The van der Waals surface area contributed by atoms with Gasteiger partial charge in [-0.25, -0.2) is 0 Å². The van der Waals surface area contributed by atoms with Crippen LogP contribution >= 0.6 is 10.0 Å². The molecule has 0 atom stereocenters. The standard InChI is InChI=1S/C64H38N2OS/c1-3-19-44(20-4-1)68(45-21-5-2-6-22-45,46-36-38-63-57(42-46)53-28-14-18-34-62(53)67-63)40-39-49-47-23-7-9-29-54(47)64(55-30-10-8-24-48(49)55)66-60-33-17-13-27-52(60)56-41-43(35-37-61(56)66)65-58-31-15-11-25-50(58)51-26-12-16-32-59(51)65/h1-9,11-29,31-38,41-42H. The van der Waals surface area contributed by atoms with E-state index in [4.69, 9.17) is 4.42 Å². The lowest BCUT2D eigenvalue weighted by molar-refractivity contribution is 0.668. The predicted molar refractivity (Wildman–Crippen MR) is 284 cm³/mol. The van der Waals surface area contributed by atoms with Crippen molar-refractivity contribution in [2.24, 2.45) is 0 Å². The average Bonchev–Trinajstić information content (AvgIpc) is 4.06. The van der Waals surface area contributed by atoms with Gasteiger partial charge in [-0.15, -0.1) is 0 Å². The van der Waals surface area contributed by atoms with Crippen LogP contribution in [0.25, 0.3) is 98.5 Å². The summed E-state index contributed by atoms with van der Waals surface area (Å²) in [5.74, 6) is 3.96. The van der Waals surface area contributed by atoms with Crippen molar-refractivity contribution in [2.75, 3.05) is 0 Å². The minimum atomic E-state index is -2.20. The quantitative estimate of drug-likeness (QED) is 0.158. The van der Waals surface area contributed by atoms with E-state index in [2.05, 4.69) is 245 Å². The molecule has 3 heterocycles. The zero-order chi connectivity index (χ0) is 44.8. The summed E-state index contributed by atoms with van der Waals surface area (Å²) >= 11 is 0. The van der Waals surface area contributed by atoms with Crippen LogP contribution in [-0.2, 0) is 0 Å². The van der Waals surface area contributed by atoms with Crippen molar-refractivity contribution in [2.45, 2.75) is 14.7 Å². The monoisotopic (exact) mass is 882 g/mol. The van der Waals surface area contributed by atoms with Gasteiger partial charge < -0.3 is 13.6 Å². The Morgan fingerprint density at radius 2 is 0.926 bits per heavy atom. The van der Waals surface area contributed by atoms with Crippen molar-refractivity contribution < 1.29 is 4.42 Å². The van der Waals surface area contributed by atoms with Gasteiger partial charge >= 0.3 is 0 Å². The molecule has 68 heavy (non-hydrogen) atoms. The summed E-state index contributed by atoms with van der Waals surface area (Å²) in [6.07, 6.45) is 0. The van der Waals surface area contributed by atoms with Gasteiger partial charge in [0.2, 0.25) is 0 Å². The van der Waals surface area contributed by atoms with E-state index in [0.29, 0.717) is 0 Å². The number of furan rings is 1. The highest BCUT2D eigenvalue weighted by Crippen LogP contribution is 2.68. The molecule has 14 aromatic rings. The summed E-state index contributed by atoms with van der Waals surface area (Å²) in [5.41, 5.74) is 9.54. The summed E-state index contributed by atoms with van der Waals surface area (Å²) in [7, 11) is -2.20. The molecule has 0 amide bonds. The van der Waals surface area contributed by atoms with Crippen molar-refractivity contribution in [3.8, 4) is 22.5 Å². The Kier molecular flexibility index (Phi) is 8.49. The van der Waals surface area contributed by atoms with Crippen LogP contribution in [0.1, 0.15) is 5.56 Å². The average molecular weight is 883 g/mol. The molecule has 14 rings (SSSR count). The lowest BCUT2D eigenvalue weighted by atomic mass is 9.95. The molecular weight excluding hydrogens is 845 g/mol. The van der Waals surface area contributed by atoms with Crippen LogP contribution in [0.5, 0.6) is 0 Å². The van der Waals surface area contributed by atoms with E-state index in [1.54, 1.807) is 0 Å². The van der Waals surface area contributed by atoms with Gasteiger partial charge in [-0.05, 0) is 102 Å². The van der Waals surface area contributed by atoms with Gasteiger partial charge in [0.15, 0.2) is 0 Å². The first-order chi connectivity index (χ1) is 33.7. The van der Waals surface area contributed by atoms with E-state index in [0.717, 1.165) is 76.4 Å². The first-order valence-corrected chi connectivity index (χ1v) is 24.5. The lowest BCUT2D eigenvalue weighted by Crippen LogP contribution is -2.02. The summed E-state index contributed by atoms with van der Waals surface area (Å²) in [6.45, 7) is 0. The molecular formula is C64H38N2OS. The number of benzene rings is 10. The molecule has 4 heteroatoms. The van der Waals surface area contributed by atoms with Gasteiger partial charge in [-0.1, -0.05) is 162 Å². The minimum Gasteiger partial charge on any atom is -0.456 e. The van der Waals surface area contributed by atoms with Crippen molar-refractivity contribution >= 4 is 97.1 Å². The third kappa shape index (κ3) is 5.60. The minimum absolute atomic E-state index is 0.865. The second-order valence-electron chi connectivity index (χ2n) is 17.3. The number of nitrogens with zero attached hydrogens (tertiary/aromatic N) is 2. The van der Waals surface area contributed by atoms with Crippen molar-refractivity contribution in [1.82, 2.24) is 9.13 Å². The van der Waals surface area contributed by atoms with E-state index in [-0.39, 0.29) is 0 Å². The number of aromatic nitrogens is 2. The summed E-state index contributed by atoms with van der Waals surface area (Å²) < 4.78 is 11.2. The maximum Gasteiger partial charge on any atom is 0.135 e. The van der Waals surface area contributed by atoms with Crippen LogP contribution in [0.3, 0.4) is 0 Å². The number of rotatable bonds is 5. The van der Waals surface area contributed by atoms with E-state index in [1.165, 1.54) is 42.4 Å². The molecule has 0 radical (unpaired) electrons. The van der Waals surface area contributed by atoms with Gasteiger partial charge in [0.25, 0.3) is 0 Å². The molecule has 0 spiro atoms. The second kappa shape index (κ2) is 15.1. The molecule has 0 saturated carbocycles. The zero-order valence-corrected chi connectivity index (χ0v) is 37.5. The molecule has 0 aliphatic heterocycles. The predicted octanol–water partition coefficient (Wildman–Crippen LogP) is 17.0. The highest BCUT2D eigenvalue weighted by atomic mass is 32.3. The first-order valence-electron chi connectivity index (χ1n) is 22.9.